The van der Waals surface area contributed by atoms with Crippen LogP contribution in [0.5, 0.6) is 0 Å². The number of aryl methyl sites for hydroxylation is 1. The first-order valence-electron chi connectivity index (χ1n) is 4.47. The van der Waals surface area contributed by atoms with Gasteiger partial charge in [-0.3, -0.25) is 4.79 Å². The van der Waals surface area contributed by atoms with Crippen molar-refractivity contribution >= 4 is 6.29 Å². The van der Waals surface area contributed by atoms with Gasteiger partial charge >= 0.3 is 0 Å². The summed E-state index contributed by atoms with van der Waals surface area (Å²) >= 11 is 0. The maximum Gasteiger partial charge on any atom is 0.167 e. The molecule has 3 nitrogen and oxygen atoms in total. The fourth-order valence-electron chi connectivity index (χ4n) is 1.42. The summed E-state index contributed by atoms with van der Waals surface area (Å²) in [6, 6.07) is 4.43. The number of aromatic nitrogens is 2. The molecule has 0 atom stereocenters. The Morgan fingerprint density at radius 1 is 1.47 bits per heavy atom. The Kier molecular flexibility index (Phi) is 2.33. The molecule has 1 aromatic heterocycles. The summed E-state index contributed by atoms with van der Waals surface area (Å²) in [6.07, 6.45) is 2.14. The van der Waals surface area contributed by atoms with Crippen molar-refractivity contribution in [2.24, 2.45) is 0 Å². The largest absolute Gasteiger partial charge is 0.336 e. The first kappa shape index (κ1) is 9.58. The molecule has 0 aliphatic rings. The van der Waals surface area contributed by atoms with E-state index in [1.165, 1.54) is 18.3 Å². The van der Waals surface area contributed by atoms with Gasteiger partial charge in [-0.15, -0.1) is 0 Å². The molecular weight excluding hydrogens is 195 g/mol. The summed E-state index contributed by atoms with van der Waals surface area (Å²) in [6.45, 7) is 1.79. The highest BCUT2D eigenvalue weighted by Gasteiger charge is 2.06. The predicted octanol–water partition coefficient (Wildman–Crippen LogP) is 2.34. The standard InChI is InChI=1S/C11H9FN2O/c1-7-4-8(12)2-3-10(7)11-13-5-9(6-15)14-11/h2-6H,1H3,(H,13,14). The molecule has 0 radical (unpaired) electrons. The number of carbonyl (C=O) groups is 1. The topological polar surface area (TPSA) is 45.8 Å². The van der Waals surface area contributed by atoms with E-state index in [0.29, 0.717) is 17.8 Å². The van der Waals surface area contributed by atoms with Gasteiger partial charge in [-0.1, -0.05) is 0 Å². The second-order valence-electron chi connectivity index (χ2n) is 3.26. The number of halogens is 1. The molecule has 1 aromatic carbocycles. The molecule has 0 aliphatic heterocycles. The zero-order chi connectivity index (χ0) is 10.8. The maximum atomic E-state index is 12.8. The lowest BCUT2D eigenvalue weighted by atomic mass is 10.1. The molecule has 0 bridgehead atoms. The zero-order valence-electron chi connectivity index (χ0n) is 8.12. The fourth-order valence-corrected chi connectivity index (χ4v) is 1.42. The van der Waals surface area contributed by atoms with Gasteiger partial charge in [-0.2, -0.15) is 0 Å². The monoisotopic (exact) mass is 204 g/mol. The molecule has 1 N–H and O–H groups in total. The third-order valence-corrected chi connectivity index (χ3v) is 2.17. The Morgan fingerprint density at radius 3 is 2.87 bits per heavy atom. The smallest absolute Gasteiger partial charge is 0.167 e. The van der Waals surface area contributed by atoms with E-state index in [9.17, 15) is 9.18 Å². The number of aldehydes is 1. The van der Waals surface area contributed by atoms with Gasteiger partial charge in [0.1, 0.15) is 11.6 Å². The van der Waals surface area contributed by atoms with E-state index < -0.39 is 0 Å². The Bertz CT molecular complexity index is 505. The number of H-pyrrole nitrogens is 1. The Hall–Kier alpha value is -1.97. The van der Waals surface area contributed by atoms with Gasteiger partial charge in [0.25, 0.3) is 0 Å². The first-order chi connectivity index (χ1) is 7.20. The number of nitrogens with zero attached hydrogens (tertiary/aromatic N) is 1. The molecule has 0 spiro atoms. The number of nitrogens with one attached hydrogen (secondary N) is 1. The van der Waals surface area contributed by atoms with E-state index in [-0.39, 0.29) is 5.82 Å². The minimum Gasteiger partial charge on any atom is -0.336 e. The van der Waals surface area contributed by atoms with E-state index >= 15 is 0 Å². The molecule has 2 rings (SSSR count). The van der Waals surface area contributed by atoms with Crippen LogP contribution in [0.3, 0.4) is 0 Å². The molecule has 0 fully saturated rings. The Balaban J connectivity index is 2.49. The van der Waals surface area contributed by atoms with Crippen LogP contribution in [0.15, 0.2) is 24.4 Å². The average molecular weight is 204 g/mol. The lowest BCUT2D eigenvalue weighted by Crippen LogP contribution is -1.87. The molecule has 0 saturated carbocycles. The van der Waals surface area contributed by atoms with E-state index in [1.807, 2.05) is 0 Å². The van der Waals surface area contributed by atoms with Crippen molar-refractivity contribution in [3.05, 3.63) is 41.5 Å². The summed E-state index contributed by atoms with van der Waals surface area (Å²) in [7, 11) is 0. The second kappa shape index (κ2) is 3.65. The van der Waals surface area contributed by atoms with Crippen molar-refractivity contribution in [3.63, 3.8) is 0 Å². The number of carbonyl (C=O) groups excluding carboxylic acids is 1. The molecule has 0 unspecified atom stereocenters. The quantitative estimate of drug-likeness (QED) is 0.763. The van der Waals surface area contributed by atoms with Gasteiger partial charge in [0.15, 0.2) is 6.29 Å². The van der Waals surface area contributed by atoms with E-state index in [0.717, 1.165) is 11.1 Å². The van der Waals surface area contributed by atoms with Crippen LogP contribution >= 0.6 is 0 Å². The predicted molar refractivity (Wildman–Crippen MR) is 54.1 cm³/mol. The van der Waals surface area contributed by atoms with Gasteiger partial charge < -0.3 is 4.98 Å². The van der Waals surface area contributed by atoms with Crippen molar-refractivity contribution < 1.29 is 9.18 Å². The van der Waals surface area contributed by atoms with Crippen LogP contribution in [0.25, 0.3) is 11.4 Å². The van der Waals surface area contributed by atoms with Crippen molar-refractivity contribution in [1.82, 2.24) is 9.97 Å². The molecule has 76 valence electrons. The summed E-state index contributed by atoms with van der Waals surface area (Å²) in [5, 5.41) is 0. The highest BCUT2D eigenvalue weighted by atomic mass is 19.1. The van der Waals surface area contributed by atoms with Gasteiger partial charge in [-0.25, -0.2) is 9.37 Å². The van der Waals surface area contributed by atoms with Crippen LogP contribution in [0.4, 0.5) is 4.39 Å². The van der Waals surface area contributed by atoms with Gasteiger partial charge in [0.05, 0.1) is 11.9 Å². The van der Waals surface area contributed by atoms with Crippen LogP contribution in [-0.4, -0.2) is 16.3 Å². The van der Waals surface area contributed by atoms with Gasteiger partial charge in [0.2, 0.25) is 0 Å². The van der Waals surface area contributed by atoms with Crippen LogP contribution < -0.4 is 0 Å². The number of hydrogen-bond donors (Lipinski definition) is 1. The van der Waals surface area contributed by atoms with Crippen molar-refractivity contribution in [2.45, 2.75) is 6.92 Å². The van der Waals surface area contributed by atoms with Crippen LogP contribution in [0.1, 0.15) is 16.1 Å². The number of benzene rings is 1. The normalized spacial score (nSPS) is 10.3. The zero-order valence-corrected chi connectivity index (χ0v) is 8.12. The van der Waals surface area contributed by atoms with E-state index in [1.54, 1.807) is 13.0 Å². The molecule has 4 heteroatoms. The average Bonchev–Trinajstić information content (AvgIpc) is 2.66. The summed E-state index contributed by atoms with van der Waals surface area (Å²) < 4.78 is 12.8. The van der Waals surface area contributed by atoms with E-state index in [2.05, 4.69) is 9.97 Å². The third kappa shape index (κ3) is 1.79. The third-order valence-electron chi connectivity index (χ3n) is 2.17. The molecule has 0 saturated heterocycles. The lowest BCUT2D eigenvalue weighted by Gasteiger charge is -2.01. The lowest BCUT2D eigenvalue weighted by molar-refractivity contribution is 0.111. The number of aromatic amines is 1. The maximum absolute atomic E-state index is 12.8. The van der Waals surface area contributed by atoms with Gasteiger partial charge in [-0.05, 0) is 30.7 Å². The molecule has 0 amide bonds. The Labute approximate surface area is 86.0 Å². The molecule has 2 aromatic rings. The van der Waals surface area contributed by atoms with Crippen molar-refractivity contribution in [2.75, 3.05) is 0 Å². The van der Waals surface area contributed by atoms with Crippen LogP contribution in [0.2, 0.25) is 0 Å². The number of rotatable bonds is 2. The van der Waals surface area contributed by atoms with Crippen LogP contribution in [-0.2, 0) is 0 Å². The minimum atomic E-state index is -0.279. The summed E-state index contributed by atoms with van der Waals surface area (Å²) in [5.41, 5.74) is 1.99. The number of imidazole rings is 1. The van der Waals surface area contributed by atoms with Crippen LogP contribution in [0, 0.1) is 12.7 Å². The molecule has 0 aliphatic carbocycles. The van der Waals surface area contributed by atoms with Crippen molar-refractivity contribution in [1.29, 1.82) is 0 Å². The minimum absolute atomic E-state index is 0.279. The number of hydrogen-bond acceptors (Lipinski definition) is 2. The first-order valence-corrected chi connectivity index (χ1v) is 4.47. The van der Waals surface area contributed by atoms with Crippen molar-refractivity contribution in [3.8, 4) is 11.4 Å². The SMILES string of the molecule is Cc1cc(F)ccc1-c1ncc(C=O)[nH]1. The highest BCUT2D eigenvalue weighted by Crippen LogP contribution is 2.20. The highest BCUT2D eigenvalue weighted by molar-refractivity contribution is 5.73. The fraction of sp³-hybridized carbons (Fsp3) is 0.0909. The molecular formula is C11H9FN2O. The second-order valence-corrected chi connectivity index (χ2v) is 3.26. The van der Waals surface area contributed by atoms with Gasteiger partial charge in [0, 0.05) is 5.56 Å². The summed E-state index contributed by atoms with van der Waals surface area (Å²) in [4.78, 5) is 17.3. The Morgan fingerprint density at radius 2 is 2.27 bits per heavy atom. The summed E-state index contributed by atoms with van der Waals surface area (Å²) in [5.74, 6) is 0.299. The molecule has 1 heterocycles. The molecule has 15 heavy (non-hydrogen) atoms. The van der Waals surface area contributed by atoms with E-state index in [4.69, 9.17) is 0 Å².